The van der Waals surface area contributed by atoms with E-state index in [4.69, 9.17) is 11.2 Å². The zero-order valence-electron chi connectivity index (χ0n) is 10.5. The smallest absolute Gasteiger partial charge is 0.123 e. The Morgan fingerprint density at radius 2 is 1.50 bits per heavy atom. The van der Waals surface area contributed by atoms with E-state index >= 15 is 0 Å². The number of terminal acetylenes is 1. The van der Waals surface area contributed by atoms with Crippen molar-refractivity contribution in [2.45, 2.75) is 63.6 Å². The number of hydrogen-bond donors (Lipinski definition) is 0. The fourth-order valence-corrected chi connectivity index (χ4v) is 4.73. The standard InChI is InChI=1S/C15H22O/c1-4-14(2,3)16-15-8-11-5-12(9-15)7-13(6-11)10-15/h1,11-13H,5-10H2,2-3H3. The molecular formula is C15H22O. The highest BCUT2D eigenvalue weighted by molar-refractivity contribution is 5.09. The van der Waals surface area contributed by atoms with E-state index in [-0.39, 0.29) is 11.2 Å². The third-order valence-electron chi connectivity index (χ3n) is 4.80. The summed E-state index contributed by atoms with van der Waals surface area (Å²) in [4.78, 5) is 0. The maximum absolute atomic E-state index is 6.35. The average Bonchev–Trinajstić information content (AvgIpc) is 2.13. The molecule has 0 N–H and O–H groups in total. The minimum absolute atomic E-state index is 0.143. The lowest BCUT2D eigenvalue weighted by atomic mass is 9.54. The van der Waals surface area contributed by atoms with Crippen LogP contribution in [0.5, 0.6) is 0 Å². The molecule has 0 radical (unpaired) electrons. The van der Waals surface area contributed by atoms with Crippen molar-refractivity contribution in [1.82, 2.24) is 0 Å². The van der Waals surface area contributed by atoms with Crippen LogP contribution in [-0.4, -0.2) is 11.2 Å². The second-order valence-electron chi connectivity index (χ2n) is 6.86. The van der Waals surface area contributed by atoms with Crippen molar-refractivity contribution in [1.29, 1.82) is 0 Å². The maximum Gasteiger partial charge on any atom is 0.123 e. The predicted octanol–water partition coefficient (Wildman–Crippen LogP) is 3.38. The molecule has 4 rings (SSSR count). The van der Waals surface area contributed by atoms with Crippen LogP contribution in [0.15, 0.2) is 0 Å². The molecule has 4 aliphatic rings. The van der Waals surface area contributed by atoms with E-state index in [9.17, 15) is 0 Å². The van der Waals surface area contributed by atoms with Crippen LogP contribution in [0, 0.1) is 30.1 Å². The summed E-state index contributed by atoms with van der Waals surface area (Å²) in [5.41, 5.74) is -0.240. The van der Waals surface area contributed by atoms with Gasteiger partial charge < -0.3 is 4.74 Å². The highest BCUT2D eigenvalue weighted by atomic mass is 16.5. The van der Waals surface area contributed by atoms with Gasteiger partial charge in [-0.25, -0.2) is 0 Å². The van der Waals surface area contributed by atoms with Crippen LogP contribution < -0.4 is 0 Å². The summed E-state index contributed by atoms with van der Waals surface area (Å²) in [7, 11) is 0. The first kappa shape index (κ1) is 10.7. The van der Waals surface area contributed by atoms with Gasteiger partial charge in [-0.15, -0.1) is 6.42 Å². The molecule has 4 fully saturated rings. The minimum Gasteiger partial charge on any atom is -0.356 e. The fraction of sp³-hybridized carbons (Fsp3) is 0.867. The van der Waals surface area contributed by atoms with Crippen LogP contribution >= 0.6 is 0 Å². The monoisotopic (exact) mass is 218 g/mol. The van der Waals surface area contributed by atoms with Gasteiger partial charge in [0.25, 0.3) is 0 Å². The summed E-state index contributed by atoms with van der Waals surface area (Å²) < 4.78 is 6.35. The topological polar surface area (TPSA) is 9.23 Å². The summed E-state index contributed by atoms with van der Waals surface area (Å²) in [5, 5.41) is 0. The highest BCUT2D eigenvalue weighted by Crippen LogP contribution is 2.57. The Balaban J connectivity index is 1.81. The molecule has 0 unspecified atom stereocenters. The van der Waals surface area contributed by atoms with Crippen LogP contribution in [0.3, 0.4) is 0 Å². The van der Waals surface area contributed by atoms with Crippen molar-refractivity contribution >= 4 is 0 Å². The Morgan fingerprint density at radius 3 is 1.88 bits per heavy atom. The molecule has 4 bridgehead atoms. The Morgan fingerprint density at radius 1 is 1.06 bits per heavy atom. The van der Waals surface area contributed by atoms with E-state index in [0.717, 1.165) is 17.8 Å². The molecule has 1 heteroatoms. The van der Waals surface area contributed by atoms with Crippen molar-refractivity contribution < 1.29 is 4.74 Å². The Bertz CT molecular complexity index is 299. The lowest BCUT2D eigenvalue weighted by Gasteiger charge is -2.57. The Labute approximate surface area is 98.9 Å². The predicted molar refractivity (Wildman–Crippen MR) is 64.9 cm³/mol. The molecule has 1 nitrogen and oxygen atoms in total. The molecular weight excluding hydrogens is 196 g/mol. The molecule has 0 aromatic carbocycles. The number of ether oxygens (including phenoxy) is 1. The summed E-state index contributed by atoms with van der Waals surface area (Å²) in [6.45, 7) is 4.07. The lowest BCUT2D eigenvalue weighted by molar-refractivity contribution is -0.199. The lowest BCUT2D eigenvalue weighted by Crippen LogP contribution is -2.54. The van der Waals surface area contributed by atoms with Gasteiger partial charge in [0.05, 0.1) is 5.60 Å². The summed E-state index contributed by atoms with van der Waals surface area (Å²) in [5.74, 6) is 5.59. The molecule has 16 heavy (non-hydrogen) atoms. The molecule has 0 amide bonds. The number of hydrogen-bond acceptors (Lipinski definition) is 1. The fourth-order valence-electron chi connectivity index (χ4n) is 4.73. The van der Waals surface area contributed by atoms with Crippen LogP contribution in [0.25, 0.3) is 0 Å². The molecule has 0 atom stereocenters. The van der Waals surface area contributed by atoms with E-state index in [1.165, 1.54) is 38.5 Å². The van der Waals surface area contributed by atoms with Crippen LogP contribution in [-0.2, 0) is 4.74 Å². The van der Waals surface area contributed by atoms with Crippen molar-refractivity contribution in [3.8, 4) is 12.3 Å². The van der Waals surface area contributed by atoms with E-state index < -0.39 is 0 Å². The maximum atomic E-state index is 6.35. The van der Waals surface area contributed by atoms with Crippen molar-refractivity contribution in [2.24, 2.45) is 17.8 Å². The van der Waals surface area contributed by atoms with Gasteiger partial charge in [0.15, 0.2) is 0 Å². The molecule has 0 saturated heterocycles. The van der Waals surface area contributed by atoms with E-state index in [2.05, 4.69) is 5.92 Å². The van der Waals surface area contributed by atoms with E-state index in [0.29, 0.717) is 0 Å². The van der Waals surface area contributed by atoms with Gasteiger partial charge in [-0.1, -0.05) is 5.92 Å². The highest BCUT2D eigenvalue weighted by Gasteiger charge is 2.53. The van der Waals surface area contributed by atoms with Gasteiger partial charge in [0, 0.05) is 0 Å². The molecule has 0 heterocycles. The summed E-state index contributed by atoms with van der Waals surface area (Å²) in [6, 6.07) is 0. The third kappa shape index (κ3) is 1.68. The largest absolute Gasteiger partial charge is 0.356 e. The normalized spacial score (nSPS) is 45.7. The van der Waals surface area contributed by atoms with Gasteiger partial charge in [0.1, 0.15) is 5.60 Å². The quantitative estimate of drug-likeness (QED) is 0.646. The molecule has 0 aromatic rings. The summed E-state index contributed by atoms with van der Waals surface area (Å²) >= 11 is 0. The van der Waals surface area contributed by atoms with Crippen molar-refractivity contribution in [3.63, 3.8) is 0 Å². The zero-order chi connectivity index (χ0) is 11.4. The van der Waals surface area contributed by atoms with Crippen LogP contribution in [0.1, 0.15) is 52.4 Å². The minimum atomic E-state index is -0.383. The Kier molecular flexibility index (Phi) is 2.17. The van der Waals surface area contributed by atoms with E-state index in [1.54, 1.807) is 0 Å². The van der Waals surface area contributed by atoms with Crippen molar-refractivity contribution in [3.05, 3.63) is 0 Å². The first-order chi connectivity index (χ1) is 7.50. The van der Waals surface area contributed by atoms with Gasteiger partial charge in [-0.05, 0) is 70.1 Å². The van der Waals surface area contributed by atoms with E-state index in [1.807, 2.05) is 13.8 Å². The molecule has 0 spiro atoms. The van der Waals surface area contributed by atoms with Gasteiger partial charge >= 0.3 is 0 Å². The van der Waals surface area contributed by atoms with Gasteiger partial charge in [0.2, 0.25) is 0 Å². The van der Waals surface area contributed by atoms with Crippen LogP contribution in [0.2, 0.25) is 0 Å². The van der Waals surface area contributed by atoms with Crippen LogP contribution in [0.4, 0.5) is 0 Å². The Hall–Kier alpha value is -0.480. The van der Waals surface area contributed by atoms with Gasteiger partial charge in [-0.3, -0.25) is 0 Å². The van der Waals surface area contributed by atoms with Crippen molar-refractivity contribution in [2.75, 3.05) is 0 Å². The molecule has 4 saturated carbocycles. The van der Waals surface area contributed by atoms with Gasteiger partial charge in [-0.2, -0.15) is 0 Å². The molecule has 0 aliphatic heterocycles. The molecule has 0 aromatic heterocycles. The average molecular weight is 218 g/mol. The third-order valence-corrected chi connectivity index (χ3v) is 4.80. The SMILES string of the molecule is C#CC(C)(C)OC12CC3CC(CC(C3)C1)C2. The number of rotatable bonds is 2. The second kappa shape index (κ2) is 3.26. The second-order valence-corrected chi connectivity index (χ2v) is 6.86. The zero-order valence-corrected chi connectivity index (χ0v) is 10.5. The first-order valence-corrected chi connectivity index (χ1v) is 6.68. The molecule has 88 valence electrons. The first-order valence-electron chi connectivity index (χ1n) is 6.68. The molecule has 4 aliphatic carbocycles. The summed E-state index contributed by atoms with van der Waals surface area (Å²) in [6.07, 6.45) is 13.7.